The molecule has 0 saturated carbocycles. The van der Waals surface area contributed by atoms with E-state index in [1.807, 2.05) is 20.9 Å². The number of halogens is 1. The van der Waals surface area contributed by atoms with Gasteiger partial charge in [0.2, 0.25) is 5.91 Å². The predicted octanol–water partition coefficient (Wildman–Crippen LogP) is 2.14. The summed E-state index contributed by atoms with van der Waals surface area (Å²) in [5.74, 6) is -0.269. The van der Waals surface area contributed by atoms with Crippen molar-refractivity contribution in [3.63, 3.8) is 0 Å². The van der Waals surface area contributed by atoms with Gasteiger partial charge in [-0.3, -0.25) is 4.79 Å². The smallest absolute Gasteiger partial charge is 0.222 e. The summed E-state index contributed by atoms with van der Waals surface area (Å²) in [4.78, 5) is 11.3. The van der Waals surface area contributed by atoms with Crippen LogP contribution in [0.15, 0.2) is 0 Å². The van der Waals surface area contributed by atoms with Crippen LogP contribution in [0.25, 0.3) is 0 Å². The predicted molar refractivity (Wildman–Crippen MR) is 78.0 cm³/mol. The average Bonchev–Trinajstić information content (AvgIpc) is 2.37. The molecule has 116 valence electrons. The van der Waals surface area contributed by atoms with Gasteiger partial charge in [-0.1, -0.05) is 27.7 Å². The lowest BCUT2D eigenvalue weighted by Crippen LogP contribution is -2.45. The van der Waals surface area contributed by atoms with Gasteiger partial charge in [-0.25, -0.2) is 4.39 Å². The number of hydrogen-bond donors (Lipinski definition) is 2. The molecule has 1 atom stereocenters. The Bertz CT molecular complexity index is 233. The Morgan fingerprint density at radius 2 is 1.84 bits per heavy atom. The molecule has 0 aliphatic carbocycles. The summed E-state index contributed by atoms with van der Waals surface area (Å²) >= 11 is 0. The fourth-order valence-electron chi connectivity index (χ4n) is 1.15. The van der Waals surface area contributed by atoms with Gasteiger partial charge in [-0.2, -0.15) is 0 Å². The van der Waals surface area contributed by atoms with E-state index in [0.717, 1.165) is 0 Å². The molecule has 0 radical (unpaired) electrons. The van der Waals surface area contributed by atoms with Crippen molar-refractivity contribution in [1.82, 2.24) is 10.6 Å². The summed E-state index contributed by atoms with van der Waals surface area (Å²) in [6, 6.07) is 0. The highest BCUT2D eigenvalue weighted by atomic mass is 19.1. The number of ether oxygens (including phenoxy) is 1. The first-order chi connectivity index (χ1) is 8.81. The van der Waals surface area contributed by atoms with Crippen LogP contribution in [0.3, 0.4) is 0 Å². The zero-order chi connectivity index (χ0) is 15.5. The quantitative estimate of drug-likeness (QED) is 0.669. The van der Waals surface area contributed by atoms with Gasteiger partial charge >= 0.3 is 0 Å². The van der Waals surface area contributed by atoms with Gasteiger partial charge in [0.25, 0.3) is 0 Å². The second-order valence-electron chi connectivity index (χ2n) is 4.92. The van der Waals surface area contributed by atoms with Crippen molar-refractivity contribution < 1.29 is 13.9 Å². The van der Waals surface area contributed by atoms with E-state index in [2.05, 4.69) is 10.6 Å². The van der Waals surface area contributed by atoms with Gasteiger partial charge in [0.1, 0.15) is 6.17 Å². The summed E-state index contributed by atoms with van der Waals surface area (Å²) in [5.41, 5.74) is -0.888. The molecule has 1 amide bonds. The molecule has 5 heteroatoms. The Hall–Kier alpha value is -0.680. The molecular formula is C14H31FN2O2. The first-order valence-electron chi connectivity index (χ1n) is 7.01. The lowest BCUT2D eigenvalue weighted by Gasteiger charge is -2.29. The Labute approximate surface area is 117 Å². The molecule has 0 aliphatic heterocycles. The van der Waals surface area contributed by atoms with Gasteiger partial charge in [-0.05, 0) is 20.9 Å². The Balaban J connectivity index is 0. The van der Waals surface area contributed by atoms with E-state index in [0.29, 0.717) is 13.2 Å². The standard InChI is InChI=1S/C12H25FN2O2.C2H6/c1-9(2)11(16)15-8-10(13)12(3,4)17-7-6-14-5;1-2/h9-10,14H,6-8H2,1-5H3,(H,15,16);1-2H3. The monoisotopic (exact) mass is 278 g/mol. The largest absolute Gasteiger partial charge is 0.371 e. The summed E-state index contributed by atoms with van der Waals surface area (Å²) in [6.45, 7) is 12.0. The van der Waals surface area contributed by atoms with Gasteiger partial charge in [0, 0.05) is 12.5 Å². The molecule has 0 aromatic heterocycles. The number of nitrogens with one attached hydrogen (secondary N) is 2. The molecule has 2 N–H and O–H groups in total. The maximum Gasteiger partial charge on any atom is 0.222 e. The second-order valence-corrected chi connectivity index (χ2v) is 4.92. The third-order valence-corrected chi connectivity index (χ3v) is 2.56. The third-order valence-electron chi connectivity index (χ3n) is 2.56. The van der Waals surface area contributed by atoms with Crippen LogP contribution in [-0.2, 0) is 9.53 Å². The van der Waals surface area contributed by atoms with Crippen LogP contribution in [0.1, 0.15) is 41.5 Å². The first-order valence-corrected chi connectivity index (χ1v) is 7.01. The van der Waals surface area contributed by atoms with E-state index in [1.165, 1.54) is 0 Å². The SMILES string of the molecule is CC.CNCCOC(C)(C)C(F)CNC(=O)C(C)C. The molecule has 0 aromatic rings. The van der Waals surface area contributed by atoms with E-state index in [-0.39, 0.29) is 18.4 Å². The van der Waals surface area contributed by atoms with Crippen molar-refractivity contribution >= 4 is 5.91 Å². The number of alkyl halides is 1. The summed E-state index contributed by atoms with van der Waals surface area (Å²) in [6.07, 6.45) is -1.22. The van der Waals surface area contributed by atoms with E-state index in [1.54, 1.807) is 27.7 Å². The highest BCUT2D eigenvalue weighted by Gasteiger charge is 2.30. The molecule has 0 rings (SSSR count). The molecule has 0 aromatic carbocycles. The Kier molecular flexibility index (Phi) is 12.1. The minimum atomic E-state index is -1.22. The summed E-state index contributed by atoms with van der Waals surface area (Å²) in [5, 5.41) is 5.50. The van der Waals surface area contributed by atoms with Crippen LogP contribution >= 0.6 is 0 Å². The van der Waals surface area contributed by atoms with E-state index < -0.39 is 11.8 Å². The molecule has 0 fully saturated rings. The molecule has 0 bridgehead atoms. The van der Waals surface area contributed by atoms with Crippen LogP contribution in [-0.4, -0.2) is 44.4 Å². The van der Waals surface area contributed by atoms with Crippen LogP contribution in [0.5, 0.6) is 0 Å². The van der Waals surface area contributed by atoms with Gasteiger partial charge < -0.3 is 15.4 Å². The maximum absolute atomic E-state index is 13.9. The zero-order valence-electron chi connectivity index (χ0n) is 13.5. The normalized spacial score (nSPS) is 12.7. The lowest BCUT2D eigenvalue weighted by atomic mass is 10.0. The second kappa shape index (κ2) is 11.2. The number of carbonyl (C=O) groups is 1. The molecule has 0 spiro atoms. The Morgan fingerprint density at radius 1 is 1.32 bits per heavy atom. The van der Waals surface area contributed by atoms with E-state index >= 15 is 0 Å². The van der Waals surface area contributed by atoms with Crippen LogP contribution in [0.2, 0.25) is 0 Å². The van der Waals surface area contributed by atoms with Crippen LogP contribution in [0.4, 0.5) is 4.39 Å². The summed E-state index contributed by atoms with van der Waals surface area (Å²) < 4.78 is 19.3. The van der Waals surface area contributed by atoms with E-state index in [9.17, 15) is 9.18 Å². The van der Waals surface area contributed by atoms with Gasteiger partial charge in [0.05, 0.1) is 18.8 Å². The van der Waals surface area contributed by atoms with Gasteiger partial charge in [-0.15, -0.1) is 0 Å². The van der Waals surface area contributed by atoms with Crippen LogP contribution in [0, 0.1) is 5.92 Å². The van der Waals surface area contributed by atoms with Crippen molar-refractivity contribution in [3.05, 3.63) is 0 Å². The van der Waals surface area contributed by atoms with Crippen molar-refractivity contribution in [1.29, 1.82) is 0 Å². The fraction of sp³-hybridized carbons (Fsp3) is 0.929. The number of likely N-dealkylation sites (N-methyl/N-ethyl adjacent to an activating group) is 1. The number of carbonyl (C=O) groups excluding carboxylic acids is 1. The minimum absolute atomic E-state index is 0.0104. The average molecular weight is 278 g/mol. The van der Waals surface area contributed by atoms with Crippen molar-refractivity contribution in [2.24, 2.45) is 5.92 Å². The molecule has 1 unspecified atom stereocenters. The third kappa shape index (κ3) is 9.85. The highest BCUT2D eigenvalue weighted by molar-refractivity contribution is 5.77. The number of amides is 1. The molecule has 19 heavy (non-hydrogen) atoms. The zero-order valence-corrected chi connectivity index (χ0v) is 13.5. The lowest BCUT2D eigenvalue weighted by molar-refractivity contribution is -0.125. The molecule has 4 nitrogen and oxygen atoms in total. The van der Waals surface area contributed by atoms with Crippen LogP contribution < -0.4 is 10.6 Å². The first kappa shape index (κ1) is 20.6. The number of rotatable bonds is 8. The Morgan fingerprint density at radius 3 is 2.26 bits per heavy atom. The van der Waals surface area contributed by atoms with Crippen molar-refractivity contribution in [2.45, 2.75) is 53.3 Å². The molecule has 0 saturated heterocycles. The minimum Gasteiger partial charge on any atom is -0.371 e. The summed E-state index contributed by atoms with van der Waals surface area (Å²) in [7, 11) is 1.81. The van der Waals surface area contributed by atoms with Gasteiger partial charge in [0.15, 0.2) is 0 Å². The van der Waals surface area contributed by atoms with Crippen molar-refractivity contribution in [3.8, 4) is 0 Å². The number of hydrogen-bond acceptors (Lipinski definition) is 3. The fourth-order valence-corrected chi connectivity index (χ4v) is 1.15. The molecule has 0 aliphatic rings. The topological polar surface area (TPSA) is 50.4 Å². The maximum atomic E-state index is 13.9. The van der Waals surface area contributed by atoms with E-state index in [4.69, 9.17) is 4.74 Å². The highest BCUT2D eigenvalue weighted by Crippen LogP contribution is 2.17. The molecular weight excluding hydrogens is 247 g/mol. The van der Waals surface area contributed by atoms with Crippen molar-refractivity contribution in [2.75, 3.05) is 26.7 Å². The molecule has 0 heterocycles.